The molecule has 0 fully saturated rings. The van der Waals surface area contributed by atoms with Gasteiger partial charge in [0.2, 0.25) is 0 Å². The van der Waals surface area contributed by atoms with Crippen LogP contribution in [-0.4, -0.2) is 23.0 Å². The predicted octanol–water partition coefficient (Wildman–Crippen LogP) is 4.87. The first-order chi connectivity index (χ1) is 14.2. The molecular weight excluding hydrogens is 411 g/mol. The van der Waals surface area contributed by atoms with Gasteiger partial charge in [-0.25, -0.2) is 4.57 Å². The quantitative estimate of drug-likeness (QED) is 0.229. The number of non-ortho nitro benzene ring substituents is 1. The fourth-order valence-electron chi connectivity index (χ4n) is 2.51. The number of carbonyl (C=O) groups is 1. The van der Waals surface area contributed by atoms with Crippen molar-refractivity contribution >= 4 is 19.4 Å². The molecular formula is C20H25N2O7P. The molecule has 2 aromatic rings. The van der Waals surface area contributed by atoms with E-state index in [1.165, 1.54) is 31.2 Å². The smallest absolute Gasteiger partial charge is 0.462 e. The van der Waals surface area contributed by atoms with Crippen LogP contribution >= 0.6 is 7.75 Å². The van der Waals surface area contributed by atoms with E-state index < -0.39 is 24.7 Å². The Morgan fingerprint density at radius 3 is 2.17 bits per heavy atom. The van der Waals surface area contributed by atoms with Crippen molar-refractivity contribution in [3.05, 3.63) is 64.7 Å². The number of ether oxygens (including phenoxy) is 1. The summed E-state index contributed by atoms with van der Waals surface area (Å²) in [5, 5.41) is 13.4. The third kappa shape index (κ3) is 7.17. The monoisotopic (exact) mass is 436 g/mol. The summed E-state index contributed by atoms with van der Waals surface area (Å²) in [5.74, 6) is -0.261. The van der Waals surface area contributed by atoms with Crippen LogP contribution in [0.5, 0.6) is 11.5 Å². The third-order valence-corrected chi connectivity index (χ3v) is 5.57. The Morgan fingerprint density at radius 1 is 1.07 bits per heavy atom. The van der Waals surface area contributed by atoms with Crippen molar-refractivity contribution in [1.82, 2.24) is 5.09 Å². The van der Waals surface area contributed by atoms with Crippen LogP contribution in [0.2, 0.25) is 0 Å². The molecule has 2 rings (SSSR count). The van der Waals surface area contributed by atoms with E-state index in [9.17, 15) is 19.5 Å². The van der Waals surface area contributed by atoms with Crippen LogP contribution in [0.1, 0.15) is 33.6 Å². The Bertz CT molecular complexity index is 890. The van der Waals surface area contributed by atoms with Crippen molar-refractivity contribution in [3.8, 4) is 11.5 Å². The molecule has 0 saturated heterocycles. The average molecular weight is 436 g/mol. The van der Waals surface area contributed by atoms with Gasteiger partial charge in [0, 0.05) is 12.1 Å². The maximum atomic E-state index is 13.4. The number of carbonyl (C=O) groups excluding carboxylic acids is 1. The SMILES string of the molecule is CCC[C@@H](C)OC(=O)[C@H](C)NP(=O)(Oc1ccccc1)Oc1ccc([N+](=O)[O-])cc1. The molecule has 10 heteroatoms. The summed E-state index contributed by atoms with van der Waals surface area (Å²) in [5.41, 5.74) is -0.143. The molecule has 0 radical (unpaired) electrons. The van der Waals surface area contributed by atoms with E-state index in [0.29, 0.717) is 6.42 Å². The first-order valence-corrected chi connectivity index (χ1v) is 11.0. The zero-order valence-corrected chi connectivity index (χ0v) is 17.9. The average Bonchev–Trinajstić information content (AvgIpc) is 2.69. The van der Waals surface area contributed by atoms with E-state index >= 15 is 0 Å². The van der Waals surface area contributed by atoms with Gasteiger partial charge in [-0.2, -0.15) is 5.09 Å². The van der Waals surface area contributed by atoms with Crippen molar-refractivity contribution in [2.75, 3.05) is 0 Å². The molecule has 0 aliphatic rings. The van der Waals surface area contributed by atoms with Gasteiger partial charge in [0.1, 0.15) is 17.5 Å². The summed E-state index contributed by atoms with van der Waals surface area (Å²) >= 11 is 0. The first kappa shape index (κ1) is 23.4. The standard InChI is InChI=1S/C20H25N2O7P/c1-4-8-15(2)27-20(23)16(3)21-30(26,28-18-9-6-5-7-10-18)29-19-13-11-17(12-14-19)22(24)25/h5-7,9-16H,4,8H2,1-3H3,(H,21,26)/t15-,16+,30?/m1/s1. The number of benzene rings is 2. The van der Waals surface area contributed by atoms with Crippen LogP contribution < -0.4 is 14.1 Å². The van der Waals surface area contributed by atoms with Crippen LogP contribution in [-0.2, 0) is 14.1 Å². The van der Waals surface area contributed by atoms with Gasteiger partial charge in [-0.1, -0.05) is 31.5 Å². The lowest BCUT2D eigenvalue weighted by molar-refractivity contribution is -0.384. The summed E-state index contributed by atoms with van der Waals surface area (Å²) in [6.45, 7) is 5.24. The number of esters is 1. The number of nitrogens with one attached hydrogen (secondary N) is 1. The van der Waals surface area contributed by atoms with E-state index in [4.69, 9.17) is 13.8 Å². The van der Waals surface area contributed by atoms with Gasteiger partial charge in [0.25, 0.3) is 5.69 Å². The van der Waals surface area contributed by atoms with Gasteiger partial charge >= 0.3 is 13.7 Å². The Hall–Kier alpha value is -2.90. The second kappa shape index (κ2) is 10.8. The largest absolute Gasteiger partial charge is 0.513 e. The number of hydrogen-bond donors (Lipinski definition) is 1. The second-order valence-corrected chi connectivity index (χ2v) is 8.25. The minimum absolute atomic E-state index is 0.0762. The molecule has 0 bridgehead atoms. The van der Waals surface area contributed by atoms with E-state index in [-0.39, 0.29) is 23.3 Å². The Morgan fingerprint density at radius 2 is 1.63 bits per heavy atom. The highest BCUT2D eigenvalue weighted by Gasteiger charge is 2.34. The molecule has 0 saturated carbocycles. The number of nitro groups is 1. The maximum absolute atomic E-state index is 13.4. The molecule has 1 unspecified atom stereocenters. The number of nitro benzene ring substituents is 1. The second-order valence-electron chi connectivity index (χ2n) is 6.63. The van der Waals surface area contributed by atoms with Crippen LogP contribution in [0.25, 0.3) is 0 Å². The molecule has 0 aromatic heterocycles. The molecule has 9 nitrogen and oxygen atoms in total. The van der Waals surface area contributed by atoms with E-state index in [1.807, 2.05) is 6.92 Å². The molecule has 0 aliphatic heterocycles. The number of para-hydroxylation sites is 1. The van der Waals surface area contributed by atoms with E-state index in [2.05, 4.69) is 5.09 Å². The highest BCUT2D eigenvalue weighted by molar-refractivity contribution is 7.52. The number of nitrogens with zero attached hydrogens (tertiary/aromatic N) is 1. The maximum Gasteiger partial charge on any atom is 0.513 e. The van der Waals surface area contributed by atoms with Crippen molar-refractivity contribution in [1.29, 1.82) is 0 Å². The molecule has 0 amide bonds. The number of rotatable bonds is 11. The Balaban J connectivity index is 2.19. The normalized spacial score (nSPS) is 14.8. The molecule has 0 spiro atoms. The lowest BCUT2D eigenvalue weighted by Crippen LogP contribution is -2.37. The summed E-state index contributed by atoms with van der Waals surface area (Å²) in [7, 11) is -4.09. The third-order valence-electron chi connectivity index (χ3n) is 3.96. The van der Waals surface area contributed by atoms with Crippen molar-refractivity contribution in [2.24, 2.45) is 0 Å². The highest BCUT2D eigenvalue weighted by Crippen LogP contribution is 2.45. The van der Waals surface area contributed by atoms with E-state index in [0.717, 1.165) is 6.42 Å². The molecule has 1 N–H and O–H groups in total. The van der Waals surface area contributed by atoms with Crippen LogP contribution in [0.3, 0.4) is 0 Å². The van der Waals surface area contributed by atoms with Gasteiger partial charge < -0.3 is 13.8 Å². The molecule has 30 heavy (non-hydrogen) atoms. The van der Waals surface area contributed by atoms with Gasteiger partial charge in [-0.05, 0) is 44.5 Å². The fraction of sp³-hybridized carbons (Fsp3) is 0.350. The van der Waals surface area contributed by atoms with E-state index in [1.54, 1.807) is 37.3 Å². The van der Waals surface area contributed by atoms with Gasteiger partial charge in [0.05, 0.1) is 11.0 Å². The summed E-state index contributed by atoms with van der Waals surface area (Å²) in [4.78, 5) is 22.6. The van der Waals surface area contributed by atoms with Crippen LogP contribution in [0.15, 0.2) is 54.6 Å². The Kier molecular flexibility index (Phi) is 8.38. The summed E-state index contributed by atoms with van der Waals surface area (Å²) in [6, 6.07) is 12.3. The Labute approximate surface area is 175 Å². The van der Waals surface area contributed by atoms with Crippen LogP contribution in [0.4, 0.5) is 5.69 Å². The predicted molar refractivity (Wildman–Crippen MR) is 111 cm³/mol. The number of hydrogen-bond acceptors (Lipinski definition) is 7. The lowest BCUT2D eigenvalue weighted by atomic mass is 10.2. The van der Waals surface area contributed by atoms with Gasteiger partial charge in [0.15, 0.2) is 0 Å². The zero-order valence-electron chi connectivity index (χ0n) is 17.0. The topological polar surface area (TPSA) is 117 Å². The highest BCUT2D eigenvalue weighted by atomic mass is 31.2. The van der Waals surface area contributed by atoms with Crippen molar-refractivity contribution in [3.63, 3.8) is 0 Å². The zero-order chi connectivity index (χ0) is 22.1. The van der Waals surface area contributed by atoms with Crippen molar-refractivity contribution in [2.45, 2.75) is 45.8 Å². The fourth-order valence-corrected chi connectivity index (χ4v) is 4.04. The van der Waals surface area contributed by atoms with Gasteiger partial charge in [-0.15, -0.1) is 0 Å². The first-order valence-electron chi connectivity index (χ1n) is 9.49. The van der Waals surface area contributed by atoms with Crippen molar-refractivity contribution < 1.29 is 28.1 Å². The molecule has 3 atom stereocenters. The lowest BCUT2D eigenvalue weighted by Gasteiger charge is -2.24. The minimum Gasteiger partial charge on any atom is -0.462 e. The molecule has 0 aliphatic carbocycles. The molecule has 0 heterocycles. The summed E-state index contributed by atoms with van der Waals surface area (Å²) < 4.78 is 29.8. The van der Waals surface area contributed by atoms with Gasteiger partial charge in [-0.3, -0.25) is 14.9 Å². The minimum atomic E-state index is -4.09. The summed E-state index contributed by atoms with van der Waals surface area (Å²) in [6.07, 6.45) is 1.28. The van der Waals surface area contributed by atoms with Crippen LogP contribution in [0, 0.1) is 10.1 Å². The molecule has 162 valence electrons. The molecule has 2 aromatic carbocycles.